The fourth-order valence-corrected chi connectivity index (χ4v) is 2.68. The molecule has 0 spiro atoms. The van der Waals surface area contributed by atoms with Gasteiger partial charge in [0, 0.05) is 10.9 Å². The van der Waals surface area contributed by atoms with Crippen LogP contribution in [0.15, 0.2) is 59.3 Å². The summed E-state index contributed by atoms with van der Waals surface area (Å²) in [5.41, 5.74) is 1.84. The average Bonchev–Trinajstić information content (AvgIpc) is 3.34. The van der Waals surface area contributed by atoms with Gasteiger partial charge in [-0.3, -0.25) is 4.79 Å². The van der Waals surface area contributed by atoms with Gasteiger partial charge in [-0.1, -0.05) is 18.2 Å². The second-order valence-corrected chi connectivity index (χ2v) is 5.57. The number of carbonyl (C=O) groups is 1. The Kier molecular flexibility index (Phi) is 4.06. The Morgan fingerprint density at radius 1 is 1.23 bits per heavy atom. The second-order valence-electron chi connectivity index (χ2n) is 5.57. The monoisotopic (exact) mass is 349 g/mol. The first-order chi connectivity index (χ1) is 12.7. The van der Waals surface area contributed by atoms with Gasteiger partial charge in [0.15, 0.2) is 0 Å². The molecule has 8 heteroatoms. The lowest BCUT2D eigenvalue weighted by molar-refractivity contribution is 0.0948. The van der Waals surface area contributed by atoms with Crippen LogP contribution in [0, 0.1) is 0 Å². The first kappa shape index (κ1) is 15.8. The number of amides is 1. The van der Waals surface area contributed by atoms with Gasteiger partial charge in [0.2, 0.25) is 0 Å². The SMILES string of the molecule is COc1ccc(C(=O)NCc2cc3ccccc3o2)cc1-n1cnnn1. The Hall–Kier alpha value is -3.68. The van der Waals surface area contributed by atoms with Crippen LogP contribution in [0.2, 0.25) is 0 Å². The van der Waals surface area contributed by atoms with E-state index in [-0.39, 0.29) is 5.91 Å². The number of para-hydroxylation sites is 1. The molecular formula is C18H15N5O3. The minimum atomic E-state index is -0.234. The second kappa shape index (κ2) is 6.67. The maximum absolute atomic E-state index is 12.5. The topological polar surface area (TPSA) is 95.1 Å². The zero-order valence-electron chi connectivity index (χ0n) is 13.9. The van der Waals surface area contributed by atoms with Crippen LogP contribution in [0.4, 0.5) is 0 Å². The van der Waals surface area contributed by atoms with E-state index in [0.29, 0.717) is 29.3 Å². The van der Waals surface area contributed by atoms with Crippen molar-refractivity contribution in [2.24, 2.45) is 0 Å². The lowest BCUT2D eigenvalue weighted by Gasteiger charge is -2.10. The predicted molar refractivity (Wildman–Crippen MR) is 93.1 cm³/mol. The summed E-state index contributed by atoms with van der Waals surface area (Å²) in [6.45, 7) is 0.291. The molecule has 130 valence electrons. The van der Waals surface area contributed by atoms with Crippen molar-refractivity contribution >= 4 is 16.9 Å². The van der Waals surface area contributed by atoms with E-state index < -0.39 is 0 Å². The zero-order chi connectivity index (χ0) is 17.9. The Morgan fingerprint density at radius 2 is 2.12 bits per heavy atom. The number of methoxy groups -OCH3 is 1. The van der Waals surface area contributed by atoms with Gasteiger partial charge in [0.25, 0.3) is 5.91 Å². The number of fused-ring (bicyclic) bond motifs is 1. The number of carbonyl (C=O) groups excluding carboxylic acids is 1. The summed E-state index contributed by atoms with van der Waals surface area (Å²) in [4.78, 5) is 12.5. The maximum Gasteiger partial charge on any atom is 0.251 e. The van der Waals surface area contributed by atoms with Crippen molar-refractivity contribution in [3.05, 3.63) is 66.2 Å². The van der Waals surface area contributed by atoms with Crippen LogP contribution in [0.25, 0.3) is 16.7 Å². The summed E-state index contributed by atoms with van der Waals surface area (Å²) in [6.07, 6.45) is 1.44. The molecular weight excluding hydrogens is 334 g/mol. The summed E-state index contributed by atoms with van der Waals surface area (Å²) in [5.74, 6) is 1.02. The number of nitrogens with one attached hydrogen (secondary N) is 1. The number of nitrogens with zero attached hydrogens (tertiary/aromatic N) is 4. The van der Waals surface area contributed by atoms with Crippen molar-refractivity contribution in [3.8, 4) is 11.4 Å². The van der Waals surface area contributed by atoms with E-state index in [0.717, 1.165) is 11.0 Å². The zero-order valence-corrected chi connectivity index (χ0v) is 13.9. The third kappa shape index (κ3) is 3.00. The number of benzene rings is 2. The molecule has 0 radical (unpaired) electrons. The Morgan fingerprint density at radius 3 is 2.88 bits per heavy atom. The van der Waals surface area contributed by atoms with Crippen LogP contribution in [0.5, 0.6) is 5.75 Å². The number of furan rings is 1. The van der Waals surface area contributed by atoms with E-state index in [9.17, 15) is 4.79 Å². The standard InChI is InChI=1S/C18H15N5O3/c1-25-17-7-6-13(9-15(17)23-11-20-21-22-23)18(24)19-10-14-8-12-4-2-3-5-16(12)26-14/h2-9,11H,10H2,1H3,(H,19,24). The van der Waals surface area contributed by atoms with Crippen LogP contribution in [-0.4, -0.2) is 33.2 Å². The van der Waals surface area contributed by atoms with Crippen molar-refractivity contribution < 1.29 is 13.9 Å². The third-order valence-electron chi connectivity index (χ3n) is 3.94. The highest BCUT2D eigenvalue weighted by Crippen LogP contribution is 2.23. The summed E-state index contributed by atoms with van der Waals surface area (Å²) in [5, 5.41) is 14.9. The summed E-state index contributed by atoms with van der Waals surface area (Å²) in [6, 6.07) is 14.7. The highest BCUT2D eigenvalue weighted by Gasteiger charge is 2.13. The van der Waals surface area contributed by atoms with E-state index in [4.69, 9.17) is 9.15 Å². The van der Waals surface area contributed by atoms with Gasteiger partial charge in [-0.25, -0.2) is 0 Å². The van der Waals surface area contributed by atoms with E-state index in [1.54, 1.807) is 25.3 Å². The smallest absolute Gasteiger partial charge is 0.251 e. The highest BCUT2D eigenvalue weighted by molar-refractivity contribution is 5.95. The fourth-order valence-electron chi connectivity index (χ4n) is 2.68. The van der Waals surface area contributed by atoms with E-state index in [2.05, 4.69) is 20.8 Å². The molecule has 0 atom stereocenters. The van der Waals surface area contributed by atoms with Gasteiger partial charge in [-0.05, 0) is 40.8 Å². The Labute approximate surface area is 148 Å². The van der Waals surface area contributed by atoms with Crippen molar-refractivity contribution in [3.63, 3.8) is 0 Å². The predicted octanol–water partition coefficient (Wildman–Crippen LogP) is 2.35. The quantitative estimate of drug-likeness (QED) is 0.594. The van der Waals surface area contributed by atoms with E-state index >= 15 is 0 Å². The number of aromatic nitrogens is 4. The molecule has 0 aliphatic heterocycles. The molecule has 1 N–H and O–H groups in total. The first-order valence-corrected chi connectivity index (χ1v) is 7.91. The lowest BCUT2D eigenvalue weighted by Crippen LogP contribution is -2.22. The third-order valence-corrected chi connectivity index (χ3v) is 3.94. The van der Waals surface area contributed by atoms with Crippen LogP contribution in [0.3, 0.4) is 0 Å². The summed E-state index contributed by atoms with van der Waals surface area (Å²) >= 11 is 0. The molecule has 0 saturated carbocycles. The normalized spacial score (nSPS) is 10.8. The van der Waals surface area contributed by atoms with Crippen LogP contribution in [0.1, 0.15) is 16.1 Å². The van der Waals surface area contributed by atoms with Gasteiger partial charge in [-0.15, -0.1) is 5.10 Å². The van der Waals surface area contributed by atoms with Crippen LogP contribution >= 0.6 is 0 Å². The number of hydrogen-bond donors (Lipinski definition) is 1. The molecule has 26 heavy (non-hydrogen) atoms. The molecule has 0 aliphatic rings. The van der Waals surface area contributed by atoms with Gasteiger partial charge >= 0.3 is 0 Å². The highest BCUT2D eigenvalue weighted by atomic mass is 16.5. The minimum Gasteiger partial charge on any atom is -0.494 e. The summed E-state index contributed by atoms with van der Waals surface area (Å²) < 4.78 is 12.5. The molecule has 0 aliphatic carbocycles. The molecule has 8 nitrogen and oxygen atoms in total. The largest absolute Gasteiger partial charge is 0.494 e. The summed E-state index contributed by atoms with van der Waals surface area (Å²) in [7, 11) is 1.55. The molecule has 2 aromatic heterocycles. The number of tetrazole rings is 1. The molecule has 1 amide bonds. The lowest BCUT2D eigenvalue weighted by atomic mass is 10.1. The van der Waals surface area contributed by atoms with Gasteiger partial charge in [0.05, 0.1) is 13.7 Å². The minimum absolute atomic E-state index is 0.234. The molecule has 0 saturated heterocycles. The number of hydrogen-bond acceptors (Lipinski definition) is 6. The van der Waals surface area contributed by atoms with Crippen LogP contribution < -0.4 is 10.1 Å². The van der Waals surface area contributed by atoms with Crippen molar-refractivity contribution in [1.82, 2.24) is 25.5 Å². The van der Waals surface area contributed by atoms with Gasteiger partial charge in [0.1, 0.15) is 29.1 Å². The average molecular weight is 349 g/mol. The van der Waals surface area contributed by atoms with E-state index in [1.165, 1.54) is 11.0 Å². The first-order valence-electron chi connectivity index (χ1n) is 7.91. The number of ether oxygens (including phenoxy) is 1. The van der Waals surface area contributed by atoms with Crippen LogP contribution in [-0.2, 0) is 6.54 Å². The Bertz CT molecular complexity index is 1020. The molecule has 0 bridgehead atoms. The fraction of sp³-hybridized carbons (Fsp3) is 0.111. The van der Waals surface area contributed by atoms with Crippen molar-refractivity contribution in [2.45, 2.75) is 6.54 Å². The molecule has 2 heterocycles. The van der Waals surface area contributed by atoms with Crippen molar-refractivity contribution in [1.29, 1.82) is 0 Å². The Balaban J connectivity index is 1.53. The maximum atomic E-state index is 12.5. The molecule has 4 rings (SSSR count). The molecule has 2 aromatic carbocycles. The molecule has 0 fully saturated rings. The number of rotatable bonds is 5. The van der Waals surface area contributed by atoms with Crippen molar-refractivity contribution in [2.75, 3.05) is 7.11 Å². The van der Waals surface area contributed by atoms with E-state index in [1.807, 2.05) is 30.3 Å². The molecule has 0 unspecified atom stereocenters. The van der Waals surface area contributed by atoms with Gasteiger partial charge < -0.3 is 14.5 Å². The molecule has 4 aromatic rings. The van der Waals surface area contributed by atoms with Gasteiger partial charge in [-0.2, -0.15) is 4.68 Å².